The van der Waals surface area contributed by atoms with Gasteiger partial charge < -0.3 is 17.5 Å². The third kappa shape index (κ3) is 5.19. The van der Waals surface area contributed by atoms with E-state index >= 15 is 0 Å². The molecule has 0 saturated carbocycles. The summed E-state index contributed by atoms with van der Waals surface area (Å²) < 4.78 is 81.3. The van der Waals surface area contributed by atoms with Gasteiger partial charge in [-0.05, 0) is 57.9 Å². The minimum absolute atomic E-state index is 0. The largest absolute Gasteiger partial charge is 1.00 e. The van der Waals surface area contributed by atoms with Gasteiger partial charge in [0, 0.05) is 41.3 Å². The number of fused-ring (bicyclic) bond motifs is 4. The zero-order valence-corrected chi connectivity index (χ0v) is 28.4. The predicted octanol–water partition coefficient (Wildman–Crippen LogP) is 0.101. The van der Waals surface area contributed by atoms with E-state index in [9.17, 15) is 25.9 Å². The quantitative estimate of drug-likeness (QED) is 0.0835. The van der Waals surface area contributed by atoms with Crippen molar-refractivity contribution in [2.24, 2.45) is 0 Å². The van der Waals surface area contributed by atoms with Crippen molar-refractivity contribution in [1.29, 1.82) is 0 Å². The average molecular weight is 696 g/mol. The first-order valence-electron chi connectivity index (χ1n) is 10.2. The van der Waals surface area contributed by atoms with Gasteiger partial charge in [-0.15, -0.1) is 0 Å². The number of rotatable bonds is 4. The molecule has 8 nitrogen and oxygen atoms in total. The van der Waals surface area contributed by atoms with Gasteiger partial charge in [0.15, 0.2) is 11.5 Å². The molecule has 0 amide bonds. The Hall–Kier alpha value is -0.740. The van der Waals surface area contributed by atoms with Crippen LogP contribution < -0.4 is 67.5 Å². The molecule has 6 aromatic rings. The molecule has 0 atom stereocenters. The summed E-state index contributed by atoms with van der Waals surface area (Å²) >= 11 is 6.74. The van der Waals surface area contributed by atoms with Crippen molar-refractivity contribution in [2.75, 3.05) is 0 Å². The Morgan fingerprint density at radius 1 is 0.500 bits per heavy atom. The van der Waals surface area contributed by atoms with E-state index in [1.165, 1.54) is 0 Å². The van der Waals surface area contributed by atoms with E-state index in [0.717, 1.165) is 0 Å². The van der Waals surface area contributed by atoms with Crippen LogP contribution in [0.5, 0.6) is 11.5 Å². The van der Waals surface area contributed by atoms with Gasteiger partial charge in [-0.3, -0.25) is 0 Å². The van der Waals surface area contributed by atoms with Crippen molar-refractivity contribution in [2.45, 2.75) is 0 Å². The third-order valence-corrected chi connectivity index (χ3v) is 7.78. The number of hydrogen-bond donors (Lipinski definition) is 0. The molecule has 0 aliphatic heterocycles. The van der Waals surface area contributed by atoms with E-state index < -0.39 is 20.8 Å². The second-order valence-electron chi connectivity index (χ2n) is 8.09. The maximum Gasteiger partial charge on any atom is 1.00 e. The van der Waals surface area contributed by atoms with Crippen molar-refractivity contribution in [3.05, 3.63) is 69.6 Å². The van der Waals surface area contributed by atoms with Crippen molar-refractivity contribution < 1.29 is 93.4 Å². The van der Waals surface area contributed by atoms with Crippen LogP contribution in [0.4, 0.5) is 0 Å². The molecule has 0 spiro atoms. The van der Waals surface area contributed by atoms with Crippen LogP contribution in [-0.4, -0.2) is 25.9 Å². The first-order chi connectivity index (χ1) is 16.9. The molecule has 0 fully saturated rings. The number of benzene rings is 6. The second kappa shape index (κ2) is 10.6. The topological polar surface area (TPSA) is 133 Å². The smallest absolute Gasteiger partial charge is 0.716 e. The second-order valence-corrected chi connectivity index (χ2v) is 11.9. The summed E-state index contributed by atoms with van der Waals surface area (Å²) in [6.07, 6.45) is 0. The molecule has 0 aliphatic rings. The fourth-order valence-electron chi connectivity index (χ4n) is 4.88. The monoisotopic (exact) mass is 694 g/mol. The zero-order valence-electron chi connectivity index (χ0n) is 19.6. The van der Waals surface area contributed by atoms with Crippen LogP contribution in [-0.2, 0) is 20.8 Å². The molecule has 0 aromatic heterocycles. The summed E-state index contributed by atoms with van der Waals surface area (Å²) in [5.41, 5.74) is 0. The van der Waals surface area contributed by atoms with Gasteiger partial charge in [-0.1, -0.05) is 56.1 Å². The first kappa shape index (κ1) is 30.2. The van der Waals surface area contributed by atoms with Crippen LogP contribution in [0.15, 0.2) is 69.6 Å². The maximum absolute atomic E-state index is 11.7. The van der Waals surface area contributed by atoms with E-state index in [1.54, 1.807) is 60.7 Å². The minimum atomic E-state index is -5.14. The molecule has 38 heavy (non-hydrogen) atoms. The van der Waals surface area contributed by atoms with Gasteiger partial charge in [0.05, 0.1) is 0 Å². The number of hydrogen-bond acceptors (Lipinski definition) is 8. The van der Waals surface area contributed by atoms with E-state index in [-0.39, 0.29) is 70.6 Å². The van der Waals surface area contributed by atoms with Gasteiger partial charge in [-0.2, -0.15) is 0 Å². The molecular formula is C24H10Br2Na2O8S2. The van der Waals surface area contributed by atoms with Gasteiger partial charge >= 0.3 is 59.1 Å². The molecule has 14 heteroatoms. The fourth-order valence-corrected chi connectivity index (χ4v) is 6.36. The van der Waals surface area contributed by atoms with Crippen molar-refractivity contribution in [3.8, 4) is 11.5 Å². The van der Waals surface area contributed by atoms with Crippen molar-refractivity contribution >= 4 is 107 Å². The summed E-state index contributed by atoms with van der Waals surface area (Å²) in [4.78, 5) is 0. The van der Waals surface area contributed by atoms with E-state index in [0.29, 0.717) is 62.8 Å². The van der Waals surface area contributed by atoms with Gasteiger partial charge in [0.25, 0.3) is 20.8 Å². The summed E-state index contributed by atoms with van der Waals surface area (Å²) in [5, 5.41) is 5.09. The first-order valence-corrected chi connectivity index (χ1v) is 14.4. The maximum atomic E-state index is 11.7. The Bertz CT molecular complexity index is 1980. The van der Waals surface area contributed by atoms with Gasteiger partial charge in [0.2, 0.25) is 0 Å². The molecule has 0 heterocycles. The molecule has 0 unspecified atom stereocenters. The van der Waals surface area contributed by atoms with E-state index in [2.05, 4.69) is 31.9 Å². The van der Waals surface area contributed by atoms with Crippen LogP contribution in [0.1, 0.15) is 0 Å². The Morgan fingerprint density at radius 2 is 0.816 bits per heavy atom. The minimum Gasteiger partial charge on any atom is -0.716 e. The third-order valence-electron chi connectivity index (χ3n) is 6.05. The molecule has 6 aromatic carbocycles. The Labute approximate surface area is 277 Å². The molecule has 0 radical (unpaired) electrons. The van der Waals surface area contributed by atoms with Crippen LogP contribution >= 0.6 is 31.9 Å². The molecule has 0 saturated heterocycles. The molecule has 6 rings (SSSR count). The SMILES string of the molecule is O=S(=O)([O-])Oc1c2cc(Br)ccc2c2ccc3c(OS(=O)(=O)[O-])c4cc(Br)ccc4c4ccc1c2c34.[Na+].[Na+]. The normalized spacial score (nSPS) is 12.2. The zero-order chi connectivity index (χ0) is 25.6. The van der Waals surface area contributed by atoms with Gasteiger partial charge in [-0.25, -0.2) is 16.8 Å². The molecular weight excluding hydrogens is 686 g/mol. The standard InChI is InChI=1S/C24H12Br2O8S2.2Na/c25-11-1-3-13-15-5-7-18-22-16(14-4-2-12(26)10-20(14)24(18)34-36(30,31)32)6-8-17(21(15)22)23(19(13)9-11)33-35(27,28)29;;/h1-10H,(H,27,28,29)(H,30,31,32);;/q;2*+1/p-2. The van der Waals surface area contributed by atoms with E-state index in [4.69, 9.17) is 8.37 Å². The summed E-state index contributed by atoms with van der Waals surface area (Å²) in [6.45, 7) is 0. The summed E-state index contributed by atoms with van der Waals surface area (Å²) in [7, 11) is -10.3. The number of halogens is 2. The molecule has 182 valence electrons. The van der Waals surface area contributed by atoms with Crippen molar-refractivity contribution in [1.82, 2.24) is 0 Å². The Morgan fingerprint density at radius 3 is 1.16 bits per heavy atom. The van der Waals surface area contributed by atoms with Crippen LogP contribution in [0.3, 0.4) is 0 Å². The van der Waals surface area contributed by atoms with Crippen LogP contribution in [0.2, 0.25) is 0 Å². The van der Waals surface area contributed by atoms with Crippen molar-refractivity contribution in [3.63, 3.8) is 0 Å². The molecule has 0 aliphatic carbocycles. The fraction of sp³-hybridized carbons (Fsp3) is 0. The Kier molecular flexibility index (Phi) is 8.42. The summed E-state index contributed by atoms with van der Waals surface area (Å²) in [5.74, 6) is -0.309. The van der Waals surface area contributed by atoms with Crippen LogP contribution in [0.25, 0.3) is 53.9 Å². The average Bonchev–Trinajstić information content (AvgIpc) is 2.78. The predicted molar refractivity (Wildman–Crippen MR) is 141 cm³/mol. The molecule has 0 bridgehead atoms. The summed E-state index contributed by atoms with van der Waals surface area (Å²) in [6, 6.07) is 17.1. The van der Waals surface area contributed by atoms with Crippen LogP contribution in [0, 0.1) is 0 Å². The van der Waals surface area contributed by atoms with Gasteiger partial charge in [0.1, 0.15) is 0 Å². The Balaban J connectivity index is 0.00000168. The molecule has 0 N–H and O–H groups in total. The van der Waals surface area contributed by atoms with E-state index in [1.807, 2.05) is 0 Å².